The first kappa shape index (κ1) is 15.8. The lowest BCUT2D eigenvalue weighted by Gasteiger charge is -2.33. The molecule has 6 nitrogen and oxygen atoms in total. The van der Waals surface area contributed by atoms with Crippen molar-refractivity contribution in [1.29, 1.82) is 0 Å². The molecule has 0 atom stereocenters. The number of nitrogens with one attached hydrogen (secondary N) is 1. The van der Waals surface area contributed by atoms with Gasteiger partial charge >= 0.3 is 11.8 Å². The molecule has 2 amide bonds. The number of thiocarbonyl (C=S) groups is 1. The molecule has 1 rings (SSSR count). The maximum Gasteiger partial charge on any atom is 0.312 e. The number of carbonyl (C=O) groups is 2. The predicted octanol–water partition coefficient (Wildman–Crippen LogP) is -0.458. The lowest BCUT2D eigenvalue weighted by Crippen LogP contribution is -2.50. The molecule has 1 fully saturated rings. The fourth-order valence-corrected chi connectivity index (χ4v) is 2.40. The fourth-order valence-electron chi connectivity index (χ4n) is 2.32. The number of nitrogens with zero attached hydrogens (tertiary/aromatic N) is 1. The van der Waals surface area contributed by atoms with Gasteiger partial charge in [0.15, 0.2) is 0 Å². The van der Waals surface area contributed by atoms with Gasteiger partial charge in [-0.2, -0.15) is 0 Å². The highest BCUT2D eigenvalue weighted by Gasteiger charge is 2.29. The van der Waals surface area contributed by atoms with Gasteiger partial charge in [0.1, 0.15) is 0 Å². The van der Waals surface area contributed by atoms with Crippen LogP contribution in [0.2, 0.25) is 0 Å². The van der Waals surface area contributed by atoms with Crippen molar-refractivity contribution in [2.45, 2.75) is 38.1 Å². The zero-order chi connectivity index (χ0) is 14.3. The number of nitrogens with two attached hydrogens (primary N) is 1. The lowest BCUT2D eigenvalue weighted by molar-refractivity contribution is -0.148. The van der Waals surface area contributed by atoms with Crippen LogP contribution >= 0.6 is 12.2 Å². The monoisotopic (exact) mass is 287 g/mol. The Morgan fingerprint density at radius 1 is 1.32 bits per heavy atom. The third kappa shape index (κ3) is 5.12. The van der Waals surface area contributed by atoms with Gasteiger partial charge in [-0.3, -0.25) is 9.59 Å². The molecule has 0 aromatic rings. The number of hydrogen-bond donors (Lipinski definition) is 3. The molecule has 1 aliphatic rings. The van der Waals surface area contributed by atoms with Crippen molar-refractivity contribution in [3.63, 3.8) is 0 Å². The normalized spacial score (nSPS) is 15.8. The highest BCUT2D eigenvalue weighted by molar-refractivity contribution is 7.80. The van der Waals surface area contributed by atoms with Crippen LogP contribution in [0.1, 0.15) is 32.1 Å². The van der Waals surface area contributed by atoms with Crippen molar-refractivity contribution in [2.75, 3.05) is 19.7 Å². The summed E-state index contributed by atoms with van der Waals surface area (Å²) in [6.07, 6.45) is 5.02. The molecule has 0 unspecified atom stereocenters. The number of amides is 2. The Labute approximate surface area is 118 Å². The van der Waals surface area contributed by atoms with Gasteiger partial charge in [0.25, 0.3) is 0 Å². The molecule has 1 aliphatic carbocycles. The van der Waals surface area contributed by atoms with E-state index in [0.717, 1.165) is 32.1 Å². The number of aliphatic hydroxyl groups excluding tert-OH is 1. The molecular formula is C12H21N3O3S. The van der Waals surface area contributed by atoms with E-state index in [2.05, 4.69) is 17.5 Å². The summed E-state index contributed by atoms with van der Waals surface area (Å²) in [6.45, 7) is 0.0480. The van der Waals surface area contributed by atoms with E-state index in [4.69, 9.17) is 10.8 Å². The second kappa shape index (κ2) is 8.06. The molecule has 0 radical (unpaired) electrons. The molecule has 108 valence electrons. The number of aliphatic hydroxyl groups is 1. The molecule has 0 saturated heterocycles. The standard InChI is InChI=1S/C12H21N3O3S/c13-10(19)8-14-11(17)12(18)15(6-7-16)9-4-2-1-3-5-9/h9,16H,1-8H2,(H2,13,19)(H,14,17). The zero-order valence-electron chi connectivity index (χ0n) is 10.9. The van der Waals surface area contributed by atoms with Gasteiger partial charge in [0, 0.05) is 12.6 Å². The minimum absolute atomic E-state index is 0.0114. The molecule has 19 heavy (non-hydrogen) atoms. The topological polar surface area (TPSA) is 95.7 Å². The summed E-state index contributed by atoms with van der Waals surface area (Å²) >= 11 is 4.64. The molecule has 0 bridgehead atoms. The highest BCUT2D eigenvalue weighted by Crippen LogP contribution is 2.22. The summed E-state index contributed by atoms with van der Waals surface area (Å²) in [7, 11) is 0. The molecule has 0 aliphatic heterocycles. The van der Waals surface area contributed by atoms with Crippen LogP contribution in [0.3, 0.4) is 0 Å². The maximum atomic E-state index is 12.1. The predicted molar refractivity (Wildman–Crippen MR) is 75.5 cm³/mol. The Hall–Kier alpha value is -1.21. The molecule has 0 aromatic carbocycles. The van der Waals surface area contributed by atoms with Gasteiger partial charge < -0.3 is 21.1 Å². The van der Waals surface area contributed by atoms with Crippen molar-refractivity contribution in [2.24, 2.45) is 5.73 Å². The van der Waals surface area contributed by atoms with Crippen molar-refractivity contribution in [3.05, 3.63) is 0 Å². The van der Waals surface area contributed by atoms with E-state index in [9.17, 15) is 9.59 Å². The van der Waals surface area contributed by atoms with Crippen molar-refractivity contribution in [1.82, 2.24) is 10.2 Å². The van der Waals surface area contributed by atoms with E-state index in [1.54, 1.807) is 0 Å². The molecule has 7 heteroatoms. The SMILES string of the molecule is NC(=S)CNC(=O)C(=O)N(CCO)C1CCCCC1. The molecule has 4 N–H and O–H groups in total. The van der Waals surface area contributed by atoms with Gasteiger partial charge in [-0.15, -0.1) is 0 Å². The second-order valence-electron chi connectivity index (χ2n) is 4.66. The molecule has 0 spiro atoms. The van der Waals surface area contributed by atoms with Crippen molar-refractivity contribution < 1.29 is 14.7 Å². The van der Waals surface area contributed by atoms with Gasteiger partial charge in [-0.05, 0) is 12.8 Å². The van der Waals surface area contributed by atoms with Crippen LogP contribution in [-0.4, -0.2) is 52.5 Å². The number of hydrogen-bond acceptors (Lipinski definition) is 4. The third-order valence-corrected chi connectivity index (χ3v) is 3.38. The van der Waals surface area contributed by atoms with E-state index in [1.807, 2.05) is 0 Å². The molecule has 0 aromatic heterocycles. The summed E-state index contributed by atoms with van der Waals surface area (Å²) in [5, 5.41) is 11.4. The third-order valence-electron chi connectivity index (χ3n) is 3.23. The summed E-state index contributed by atoms with van der Waals surface area (Å²) < 4.78 is 0. The van der Waals surface area contributed by atoms with Crippen LogP contribution in [0.5, 0.6) is 0 Å². The van der Waals surface area contributed by atoms with E-state index >= 15 is 0 Å². The Morgan fingerprint density at radius 3 is 2.47 bits per heavy atom. The van der Waals surface area contributed by atoms with Gasteiger partial charge in [-0.25, -0.2) is 0 Å². The maximum absolute atomic E-state index is 12.1. The summed E-state index contributed by atoms with van der Waals surface area (Å²) in [5.74, 6) is -1.33. The Bertz CT molecular complexity index is 343. The fraction of sp³-hybridized carbons (Fsp3) is 0.750. The molecular weight excluding hydrogens is 266 g/mol. The quantitative estimate of drug-likeness (QED) is 0.470. The van der Waals surface area contributed by atoms with Crippen LogP contribution in [0.25, 0.3) is 0 Å². The minimum atomic E-state index is -0.716. The molecule has 1 saturated carbocycles. The van der Waals surface area contributed by atoms with Crippen LogP contribution in [0, 0.1) is 0 Å². The van der Waals surface area contributed by atoms with E-state index in [0.29, 0.717) is 0 Å². The van der Waals surface area contributed by atoms with Crippen LogP contribution in [0.4, 0.5) is 0 Å². The Balaban J connectivity index is 2.60. The van der Waals surface area contributed by atoms with Crippen molar-refractivity contribution >= 4 is 29.0 Å². The smallest absolute Gasteiger partial charge is 0.312 e. The number of rotatable bonds is 5. The van der Waals surface area contributed by atoms with Crippen LogP contribution in [0.15, 0.2) is 0 Å². The first-order valence-electron chi connectivity index (χ1n) is 6.54. The molecule has 0 heterocycles. The van der Waals surface area contributed by atoms with E-state index in [1.165, 1.54) is 4.90 Å². The van der Waals surface area contributed by atoms with Gasteiger partial charge in [-0.1, -0.05) is 31.5 Å². The highest BCUT2D eigenvalue weighted by atomic mass is 32.1. The summed E-state index contributed by atoms with van der Waals surface area (Å²) in [5.41, 5.74) is 5.27. The Morgan fingerprint density at radius 2 is 1.95 bits per heavy atom. The summed E-state index contributed by atoms with van der Waals surface area (Å²) in [4.78, 5) is 25.4. The van der Waals surface area contributed by atoms with Gasteiger partial charge in [0.05, 0.1) is 18.1 Å². The first-order valence-corrected chi connectivity index (χ1v) is 6.95. The van der Waals surface area contributed by atoms with E-state index < -0.39 is 11.8 Å². The van der Waals surface area contributed by atoms with Crippen molar-refractivity contribution in [3.8, 4) is 0 Å². The average molecular weight is 287 g/mol. The summed E-state index contributed by atoms with van der Waals surface area (Å²) in [6, 6.07) is 0.0454. The minimum Gasteiger partial charge on any atom is -0.395 e. The average Bonchev–Trinajstić information content (AvgIpc) is 2.42. The van der Waals surface area contributed by atoms with Crippen LogP contribution in [-0.2, 0) is 9.59 Å². The van der Waals surface area contributed by atoms with Crippen LogP contribution < -0.4 is 11.1 Å². The largest absolute Gasteiger partial charge is 0.395 e. The second-order valence-corrected chi connectivity index (χ2v) is 5.19. The number of carbonyl (C=O) groups excluding carboxylic acids is 2. The van der Waals surface area contributed by atoms with Gasteiger partial charge in [0.2, 0.25) is 0 Å². The first-order chi connectivity index (χ1) is 9.06. The Kier molecular flexibility index (Phi) is 6.72. The lowest BCUT2D eigenvalue weighted by atomic mass is 9.94. The van der Waals surface area contributed by atoms with E-state index in [-0.39, 0.29) is 30.7 Å². The zero-order valence-corrected chi connectivity index (χ0v) is 11.7.